The van der Waals surface area contributed by atoms with Crippen LogP contribution in [0.15, 0.2) is 36.4 Å². The number of aryl methyl sites for hydroxylation is 1. The van der Waals surface area contributed by atoms with Gasteiger partial charge < -0.3 is 5.32 Å². The van der Waals surface area contributed by atoms with Gasteiger partial charge in [-0.3, -0.25) is 19.6 Å². The van der Waals surface area contributed by atoms with Crippen LogP contribution >= 0.6 is 22.7 Å². The minimum atomic E-state index is -3.43. The van der Waals surface area contributed by atoms with Gasteiger partial charge in [0.25, 0.3) is 5.91 Å². The average molecular weight is 465 g/mol. The molecule has 0 bridgehead atoms. The van der Waals surface area contributed by atoms with Gasteiger partial charge in [-0.15, -0.1) is 22.7 Å². The predicted octanol–water partition coefficient (Wildman–Crippen LogP) is 3.44. The summed E-state index contributed by atoms with van der Waals surface area (Å²) >= 11 is 2.89. The van der Waals surface area contributed by atoms with Crippen LogP contribution in [0.25, 0.3) is 10.6 Å². The molecule has 0 radical (unpaired) electrons. The van der Waals surface area contributed by atoms with Crippen LogP contribution in [0.1, 0.15) is 27.0 Å². The van der Waals surface area contributed by atoms with E-state index in [2.05, 4.69) is 20.3 Å². The number of benzene rings is 1. The predicted molar refractivity (Wildman–Crippen MR) is 121 cm³/mol. The molecule has 11 heteroatoms. The van der Waals surface area contributed by atoms with Gasteiger partial charge in [-0.1, -0.05) is 6.07 Å². The Hall–Kier alpha value is -2.76. The van der Waals surface area contributed by atoms with E-state index in [0.717, 1.165) is 26.6 Å². The van der Waals surface area contributed by atoms with E-state index >= 15 is 0 Å². The molecule has 3 N–H and O–H groups in total. The Balaban J connectivity index is 1.74. The number of hydrogen-bond acceptors (Lipinski definition) is 7. The molecule has 0 fully saturated rings. The monoisotopic (exact) mass is 464 g/mol. The van der Waals surface area contributed by atoms with Crippen molar-refractivity contribution >= 4 is 55.3 Å². The van der Waals surface area contributed by atoms with E-state index in [9.17, 15) is 18.0 Å². The van der Waals surface area contributed by atoms with E-state index in [1.165, 1.54) is 35.7 Å². The van der Waals surface area contributed by atoms with Crippen molar-refractivity contribution in [1.29, 1.82) is 0 Å². The highest BCUT2D eigenvalue weighted by Gasteiger charge is 2.15. The van der Waals surface area contributed by atoms with Gasteiger partial charge >= 0.3 is 0 Å². The van der Waals surface area contributed by atoms with Gasteiger partial charge in [0.15, 0.2) is 5.13 Å². The number of rotatable bonds is 7. The molecule has 0 unspecified atom stereocenters. The molecule has 0 atom stereocenters. The van der Waals surface area contributed by atoms with Crippen LogP contribution < -0.4 is 15.4 Å². The highest BCUT2D eigenvalue weighted by atomic mass is 32.2. The van der Waals surface area contributed by atoms with Gasteiger partial charge in [-0.2, -0.15) is 0 Å². The van der Waals surface area contributed by atoms with Crippen LogP contribution in [-0.2, 0) is 21.4 Å². The lowest BCUT2D eigenvalue weighted by molar-refractivity contribution is -0.119. The fourth-order valence-electron chi connectivity index (χ4n) is 2.60. The zero-order valence-corrected chi connectivity index (χ0v) is 18.9. The van der Waals surface area contributed by atoms with Gasteiger partial charge in [0.1, 0.15) is 0 Å². The highest BCUT2D eigenvalue weighted by Crippen LogP contribution is 2.34. The quantitative estimate of drug-likeness (QED) is 0.495. The molecule has 158 valence electrons. The molecule has 3 aromatic rings. The van der Waals surface area contributed by atoms with Crippen molar-refractivity contribution in [2.45, 2.75) is 20.4 Å². The summed E-state index contributed by atoms with van der Waals surface area (Å²) in [5.41, 5.74) is 1.40. The fourth-order valence-corrected chi connectivity index (χ4v) is 5.03. The van der Waals surface area contributed by atoms with Crippen molar-refractivity contribution in [1.82, 2.24) is 10.3 Å². The van der Waals surface area contributed by atoms with Crippen molar-refractivity contribution in [3.05, 3.63) is 51.7 Å². The van der Waals surface area contributed by atoms with E-state index in [-0.39, 0.29) is 11.8 Å². The molecular formula is C19H20N4O4S3. The third kappa shape index (κ3) is 5.88. The summed E-state index contributed by atoms with van der Waals surface area (Å²) in [6.45, 7) is 3.86. The summed E-state index contributed by atoms with van der Waals surface area (Å²) in [6.07, 6.45) is 1.05. The van der Waals surface area contributed by atoms with Crippen molar-refractivity contribution < 1.29 is 18.0 Å². The smallest absolute Gasteiger partial charge is 0.257 e. The molecule has 2 aromatic heterocycles. The van der Waals surface area contributed by atoms with Crippen molar-refractivity contribution in [2.75, 3.05) is 16.3 Å². The third-order valence-corrected chi connectivity index (χ3v) is 6.44. The molecule has 2 heterocycles. The Bertz CT molecular complexity index is 1200. The van der Waals surface area contributed by atoms with Crippen LogP contribution in [-0.4, -0.2) is 31.5 Å². The van der Waals surface area contributed by atoms with Gasteiger partial charge in [-0.25, -0.2) is 13.4 Å². The van der Waals surface area contributed by atoms with Crippen molar-refractivity contribution in [3.8, 4) is 10.6 Å². The number of sulfonamides is 1. The van der Waals surface area contributed by atoms with Crippen molar-refractivity contribution in [2.24, 2.45) is 0 Å². The van der Waals surface area contributed by atoms with Gasteiger partial charge in [0.05, 0.1) is 23.4 Å². The normalized spacial score (nSPS) is 11.2. The molecule has 30 heavy (non-hydrogen) atoms. The Kier molecular flexibility index (Phi) is 6.54. The molecule has 1 aromatic carbocycles. The Labute approximate surface area is 182 Å². The van der Waals surface area contributed by atoms with Crippen LogP contribution in [0.5, 0.6) is 0 Å². The maximum atomic E-state index is 12.6. The molecule has 0 saturated heterocycles. The van der Waals surface area contributed by atoms with Gasteiger partial charge in [0, 0.05) is 27.9 Å². The van der Waals surface area contributed by atoms with Gasteiger partial charge in [0.2, 0.25) is 15.9 Å². The highest BCUT2D eigenvalue weighted by molar-refractivity contribution is 7.92. The topological polar surface area (TPSA) is 117 Å². The van der Waals surface area contributed by atoms with Crippen LogP contribution in [0.2, 0.25) is 0 Å². The lowest BCUT2D eigenvalue weighted by Gasteiger charge is -2.06. The molecule has 0 aliphatic carbocycles. The molecule has 3 rings (SSSR count). The third-order valence-electron chi connectivity index (χ3n) is 3.85. The molecule has 0 spiro atoms. The second-order valence-corrected chi connectivity index (χ2v) is 10.6. The molecule has 0 aliphatic heterocycles. The first-order chi connectivity index (χ1) is 14.1. The molecule has 0 aliphatic rings. The molecule has 0 saturated carbocycles. The number of nitrogens with zero attached hydrogens (tertiary/aromatic N) is 1. The molecule has 8 nitrogen and oxygen atoms in total. The van der Waals surface area contributed by atoms with Crippen molar-refractivity contribution in [3.63, 3.8) is 0 Å². The van der Waals surface area contributed by atoms with Crippen LogP contribution in [0, 0.1) is 6.92 Å². The Morgan fingerprint density at radius 2 is 1.90 bits per heavy atom. The second kappa shape index (κ2) is 8.94. The zero-order valence-electron chi connectivity index (χ0n) is 16.5. The maximum Gasteiger partial charge on any atom is 0.257 e. The van der Waals surface area contributed by atoms with E-state index < -0.39 is 10.0 Å². The first-order valence-corrected chi connectivity index (χ1v) is 12.3. The number of nitrogens with one attached hydrogen (secondary N) is 3. The van der Waals surface area contributed by atoms with Crippen LogP contribution in [0.3, 0.4) is 0 Å². The number of amides is 2. The maximum absolute atomic E-state index is 12.6. The summed E-state index contributed by atoms with van der Waals surface area (Å²) in [5.74, 6) is -0.472. The van der Waals surface area contributed by atoms with E-state index in [1.54, 1.807) is 18.2 Å². The number of thiazole rings is 1. The Morgan fingerprint density at radius 1 is 1.13 bits per heavy atom. The lowest BCUT2D eigenvalue weighted by atomic mass is 10.2. The molecular weight excluding hydrogens is 444 g/mol. The number of aromatic nitrogens is 1. The molecule has 2 amide bonds. The summed E-state index contributed by atoms with van der Waals surface area (Å²) in [7, 11) is -3.43. The summed E-state index contributed by atoms with van der Waals surface area (Å²) in [4.78, 5) is 31.1. The summed E-state index contributed by atoms with van der Waals surface area (Å²) in [5, 5.41) is 5.98. The Morgan fingerprint density at radius 3 is 2.60 bits per heavy atom. The number of carbonyl (C=O) groups is 2. The van der Waals surface area contributed by atoms with Gasteiger partial charge in [-0.05, 0) is 37.3 Å². The number of carbonyl (C=O) groups excluding carboxylic acids is 2. The average Bonchev–Trinajstić information content (AvgIpc) is 3.25. The number of thiophene rings is 1. The largest absolute Gasteiger partial charge is 0.351 e. The second-order valence-electron chi connectivity index (χ2n) is 6.51. The lowest BCUT2D eigenvalue weighted by Crippen LogP contribution is -2.17. The summed E-state index contributed by atoms with van der Waals surface area (Å²) < 4.78 is 25.1. The van der Waals surface area contributed by atoms with E-state index in [1.807, 2.05) is 19.1 Å². The minimum Gasteiger partial charge on any atom is -0.351 e. The SMILES string of the molecule is CC(=O)NCc1ccc(-c2nc(NC(=O)c3cccc(NS(C)(=O)=O)c3)sc2C)s1. The number of anilines is 2. The van der Waals surface area contributed by atoms with E-state index in [4.69, 9.17) is 0 Å². The fraction of sp³-hybridized carbons (Fsp3) is 0.211. The first-order valence-electron chi connectivity index (χ1n) is 8.81. The minimum absolute atomic E-state index is 0.0874. The van der Waals surface area contributed by atoms with E-state index in [0.29, 0.717) is 22.9 Å². The summed E-state index contributed by atoms with van der Waals surface area (Å²) in [6, 6.07) is 10.1. The zero-order chi connectivity index (χ0) is 21.9. The van der Waals surface area contributed by atoms with Crippen LogP contribution in [0.4, 0.5) is 10.8 Å². The first kappa shape index (κ1) is 21.9. The standard InChI is InChI=1S/C19H20N4O4S3/c1-11-17(16-8-7-15(29-16)10-20-12(2)24)21-19(28-11)22-18(25)13-5-4-6-14(9-13)23-30(3,26)27/h4-9,23H,10H2,1-3H3,(H,20,24)(H,21,22,25). The number of hydrogen-bond donors (Lipinski definition) is 3.